The summed E-state index contributed by atoms with van der Waals surface area (Å²) in [6.07, 6.45) is 2.84. The largest absolute Gasteiger partial charge is 0.378 e. The normalized spacial score (nSPS) is 17.2. The zero-order chi connectivity index (χ0) is 12.3. The first kappa shape index (κ1) is 12.3. The minimum absolute atomic E-state index is 0.261. The molecule has 0 atom stereocenters. The minimum atomic E-state index is 0.261. The highest BCUT2D eigenvalue weighted by Crippen LogP contribution is 2.20. The predicted molar refractivity (Wildman–Crippen MR) is 68.2 cm³/mol. The highest BCUT2D eigenvalue weighted by molar-refractivity contribution is 5.30. The molecule has 1 aliphatic heterocycles. The molecular weight excluding hydrogens is 214 g/mol. The van der Waals surface area contributed by atoms with Crippen molar-refractivity contribution in [3.05, 3.63) is 18.0 Å². The van der Waals surface area contributed by atoms with Gasteiger partial charge in [-0.25, -0.2) is 9.97 Å². The molecule has 0 unspecified atom stereocenters. The molecule has 0 bridgehead atoms. The monoisotopic (exact) mass is 235 g/mol. The number of anilines is 1. The van der Waals surface area contributed by atoms with E-state index in [4.69, 9.17) is 4.74 Å². The fraction of sp³-hybridized carbons (Fsp3) is 0.692. The third-order valence-corrected chi connectivity index (χ3v) is 2.71. The van der Waals surface area contributed by atoms with Crippen molar-refractivity contribution in [3.8, 4) is 0 Å². The van der Waals surface area contributed by atoms with Crippen molar-refractivity contribution < 1.29 is 4.74 Å². The van der Waals surface area contributed by atoms with Crippen LogP contribution in [0.15, 0.2) is 12.3 Å². The molecule has 4 nitrogen and oxygen atoms in total. The van der Waals surface area contributed by atoms with Gasteiger partial charge in [-0.3, -0.25) is 0 Å². The van der Waals surface area contributed by atoms with E-state index in [1.807, 2.05) is 12.3 Å². The summed E-state index contributed by atoms with van der Waals surface area (Å²) >= 11 is 0. The smallest absolute Gasteiger partial charge is 0.225 e. The quantitative estimate of drug-likeness (QED) is 0.784. The van der Waals surface area contributed by atoms with Gasteiger partial charge < -0.3 is 9.64 Å². The third-order valence-electron chi connectivity index (χ3n) is 2.71. The fourth-order valence-electron chi connectivity index (χ4n) is 1.94. The molecule has 2 heterocycles. The SMILES string of the molecule is CC(C)(C)Cc1ccnc(N2CCOCC2)n1. The van der Waals surface area contributed by atoms with Crippen molar-refractivity contribution in [2.24, 2.45) is 5.41 Å². The van der Waals surface area contributed by atoms with E-state index in [9.17, 15) is 0 Å². The number of aromatic nitrogens is 2. The Morgan fingerprint density at radius 3 is 2.65 bits per heavy atom. The van der Waals surface area contributed by atoms with Crippen molar-refractivity contribution in [1.29, 1.82) is 0 Å². The van der Waals surface area contributed by atoms with Crippen LogP contribution in [-0.4, -0.2) is 36.3 Å². The second-order valence-corrected chi connectivity index (χ2v) is 5.68. The van der Waals surface area contributed by atoms with Crippen LogP contribution in [0, 0.1) is 5.41 Å². The van der Waals surface area contributed by atoms with Gasteiger partial charge in [-0.2, -0.15) is 0 Å². The van der Waals surface area contributed by atoms with Gasteiger partial charge in [0.15, 0.2) is 0 Å². The Kier molecular flexibility index (Phi) is 3.62. The third kappa shape index (κ3) is 3.66. The van der Waals surface area contributed by atoms with Gasteiger partial charge in [0.1, 0.15) is 0 Å². The van der Waals surface area contributed by atoms with Crippen molar-refractivity contribution in [1.82, 2.24) is 9.97 Å². The highest BCUT2D eigenvalue weighted by atomic mass is 16.5. The molecular formula is C13H21N3O. The molecule has 94 valence electrons. The molecule has 0 N–H and O–H groups in total. The fourth-order valence-corrected chi connectivity index (χ4v) is 1.94. The van der Waals surface area contributed by atoms with Crippen LogP contribution >= 0.6 is 0 Å². The molecule has 1 fully saturated rings. The summed E-state index contributed by atoms with van der Waals surface area (Å²) in [6.45, 7) is 9.99. The van der Waals surface area contributed by atoms with Crippen LogP contribution in [0.2, 0.25) is 0 Å². The summed E-state index contributed by atoms with van der Waals surface area (Å²) in [5, 5.41) is 0. The lowest BCUT2D eigenvalue weighted by atomic mass is 9.90. The lowest BCUT2D eigenvalue weighted by Crippen LogP contribution is -2.37. The van der Waals surface area contributed by atoms with E-state index in [0.717, 1.165) is 44.4 Å². The van der Waals surface area contributed by atoms with Gasteiger partial charge in [0.2, 0.25) is 5.95 Å². The first-order valence-corrected chi connectivity index (χ1v) is 6.19. The molecule has 17 heavy (non-hydrogen) atoms. The van der Waals surface area contributed by atoms with Gasteiger partial charge in [0, 0.05) is 25.0 Å². The van der Waals surface area contributed by atoms with E-state index < -0.39 is 0 Å². The number of morpholine rings is 1. The lowest BCUT2D eigenvalue weighted by molar-refractivity contribution is 0.122. The maximum absolute atomic E-state index is 5.33. The summed E-state index contributed by atoms with van der Waals surface area (Å²) in [7, 11) is 0. The first-order chi connectivity index (χ1) is 8.04. The van der Waals surface area contributed by atoms with Crippen molar-refractivity contribution >= 4 is 5.95 Å². The number of hydrogen-bond donors (Lipinski definition) is 0. The predicted octanol–water partition coefficient (Wildman–Crippen LogP) is 1.90. The van der Waals surface area contributed by atoms with Crippen molar-refractivity contribution in [2.45, 2.75) is 27.2 Å². The molecule has 1 aromatic rings. The molecule has 0 radical (unpaired) electrons. The molecule has 0 spiro atoms. The van der Waals surface area contributed by atoms with Gasteiger partial charge in [-0.15, -0.1) is 0 Å². The lowest BCUT2D eigenvalue weighted by Gasteiger charge is -2.27. The summed E-state index contributed by atoms with van der Waals surface area (Å²) in [4.78, 5) is 11.2. The van der Waals surface area contributed by atoms with Gasteiger partial charge in [0.25, 0.3) is 0 Å². The average molecular weight is 235 g/mol. The Hall–Kier alpha value is -1.16. The summed E-state index contributed by atoms with van der Waals surface area (Å²) in [5.74, 6) is 0.843. The molecule has 0 aromatic carbocycles. The molecule has 4 heteroatoms. The first-order valence-electron chi connectivity index (χ1n) is 6.19. The van der Waals surface area contributed by atoms with Gasteiger partial charge in [0.05, 0.1) is 13.2 Å². The van der Waals surface area contributed by atoms with Crippen LogP contribution < -0.4 is 4.90 Å². The van der Waals surface area contributed by atoms with Gasteiger partial charge >= 0.3 is 0 Å². The second kappa shape index (κ2) is 5.00. The molecule has 0 saturated carbocycles. The minimum Gasteiger partial charge on any atom is -0.378 e. The molecule has 1 aromatic heterocycles. The van der Waals surface area contributed by atoms with Crippen LogP contribution in [0.1, 0.15) is 26.5 Å². The Balaban J connectivity index is 2.10. The maximum atomic E-state index is 5.33. The van der Waals surface area contributed by atoms with Crippen LogP contribution in [0.4, 0.5) is 5.95 Å². The van der Waals surface area contributed by atoms with Crippen LogP contribution in [-0.2, 0) is 11.2 Å². The number of rotatable bonds is 2. The Bertz CT molecular complexity index is 367. The van der Waals surface area contributed by atoms with Gasteiger partial charge in [-0.05, 0) is 17.9 Å². The Labute approximate surface area is 103 Å². The van der Waals surface area contributed by atoms with E-state index in [1.165, 1.54) is 0 Å². The van der Waals surface area contributed by atoms with Crippen LogP contribution in [0.3, 0.4) is 0 Å². The molecule has 1 aliphatic rings. The highest BCUT2D eigenvalue weighted by Gasteiger charge is 2.16. The number of ether oxygens (including phenoxy) is 1. The van der Waals surface area contributed by atoms with E-state index in [-0.39, 0.29) is 5.41 Å². The van der Waals surface area contributed by atoms with Crippen molar-refractivity contribution in [3.63, 3.8) is 0 Å². The second-order valence-electron chi connectivity index (χ2n) is 5.68. The Morgan fingerprint density at radius 1 is 1.29 bits per heavy atom. The summed E-state index contributed by atoms with van der Waals surface area (Å²) in [6, 6.07) is 2.01. The molecule has 0 amide bonds. The zero-order valence-corrected chi connectivity index (χ0v) is 10.9. The standard InChI is InChI=1S/C13H21N3O/c1-13(2,3)10-11-4-5-14-12(15-11)16-6-8-17-9-7-16/h4-5H,6-10H2,1-3H3. The molecule has 0 aliphatic carbocycles. The Morgan fingerprint density at radius 2 is 2.00 bits per heavy atom. The van der Waals surface area contributed by atoms with E-state index >= 15 is 0 Å². The number of nitrogens with zero attached hydrogens (tertiary/aromatic N) is 3. The molecule has 1 saturated heterocycles. The van der Waals surface area contributed by atoms with Crippen LogP contribution in [0.25, 0.3) is 0 Å². The molecule has 2 rings (SSSR count). The van der Waals surface area contributed by atoms with E-state index in [2.05, 4.69) is 35.6 Å². The topological polar surface area (TPSA) is 38.2 Å². The summed E-state index contributed by atoms with van der Waals surface area (Å²) in [5.41, 5.74) is 1.38. The maximum Gasteiger partial charge on any atom is 0.225 e. The van der Waals surface area contributed by atoms with E-state index in [0.29, 0.717) is 0 Å². The zero-order valence-electron chi connectivity index (χ0n) is 10.9. The van der Waals surface area contributed by atoms with Crippen molar-refractivity contribution in [2.75, 3.05) is 31.2 Å². The van der Waals surface area contributed by atoms with Crippen LogP contribution in [0.5, 0.6) is 0 Å². The number of hydrogen-bond acceptors (Lipinski definition) is 4. The summed E-state index contributed by atoms with van der Waals surface area (Å²) < 4.78 is 5.33. The van der Waals surface area contributed by atoms with E-state index in [1.54, 1.807) is 0 Å². The average Bonchev–Trinajstić information content (AvgIpc) is 2.28. The van der Waals surface area contributed by atoms with Gasteiger partial charge in [-0.1, -0.05) is 20.8 Å².